The summed E-state index contributed by atoms with van der Waals surface area (Å²) in [6, 6.07) is 20.1. The average molecular weight is 599 g/mol. The molecular formula is C30H29F3N4O4S. The van der Waals surface area contributed by atoms with E-state index in [0.717, 1.165) is 6.07 Å². The van der Waals surface area contributed by atoms with Crippen LogP contribution in [0.1, 0.15) is 28.5 Å². The molecule has 1 aliphatic rings. The summed E-state index contributed by atoms with van der Waals surface area (Å²) in [5.74, 6) is -1.02. The van der Waals surface area contributed by atoms with Crippen molar-refractivity contribution >= 4 is 21.8 Å². The van der Waals surface area contributed by atoms with Gasteiger partial charge in [-0.05, 0) is 43.7 Å². The SMILES string of the molecule is CCOC(=O)c1c(S(=O)(=O)N2CCN(c3ncccc3C(F)(F)F)CC2)c(-c2ccccc2)n(-c2ccccc2)c1C. The Kier molecular flexibility index (Phi) is 8.11. The van der Waals surface area contributed by atoms with Gasteiger partial charge in [-0.3, -0.25) is 0 Å². The van der Waals surface area contributed by atoms with Crippen LogP contribution in [0.2, 0.25) is 0 Å². The van der Waals surface area contributed by atoms with Crippen LogP contribution in [0.15, 0.2) is 83.9 Å². The van der Waals surface area contributed by atoms with E-state index in [-0.39, 0.29) is 49.1 Å². The molecule has 0 unspecified atom stereocenters. The standard InChI is InChI=1S/C30H29F3N4O4S/c1-3-41-29(38)25-21(2)37(23-13-8-5-9-14-23)26(22-11-6-4-7-12-22)27(25)42(39,40)36-19-17-35(18-20-36)28-24(30(31,32)33)15-10-16-34-28/h4-16H,3,17-20H2,1-2H3. The monoisotopic (exact) mass is 598 g/mol. The number of alkyl halides is 3. The van der Waals surface area contributed by atoms with E-state index in [9.17, 15) is 26.4 Å². The molecular weight excluding hydrogens is 569 g/mol. The highest BCUT2D eigenvalue weighted by Crippen LogP contribution is 2.40. The van der Waals surface area contributed by atoms with Gasteiger partial charge in [0.25, 0.3) is 0 Å². The van der Waals surface area contributed by atoms with Gasteiger partial charge < -0.3 is 14.2 Å². The number of anilines is 1. The molecule has 1 saturated heterocycles. The number of rotatable bonds is 7. The number of para-hydroxylation sites is 1. The lowest BCUT2D eigenvalue weighted by atomic mass is 10.1. The summed E-state index contributed by atoms with van der Waals surface area (Å²) in [5.41, 5.74) is 0.952. The van der Waals surface area contributed by atoms with Gasteiger partial charge in [0.15, 0.2) is 0 Å². The van der Waals surface area contributed by atoms with E-state index < -0.39 is 27.7 Å². The first-order valence-corrected chi connectivity index (χ1v) is 14.8. The van der Waals surface area contributed by atoms with Gasteiger partial charge in [0.05, 0.1) is 17.9 Å². The molecule has 0 bridgehead atoms. The molecule has 0 N–H and O–H groups in total. The Labute approximate surface area is 242 Å². The highest BCUT2D eigenvalue weighted by molar-refractivity contribution is 7.89. The van der Waals surface area contributed by atoms with Crippen LogP contribution >= 0.6 is 0 Å². The molecule has 2 aromatic carbocycles. The topological polar surface area (TPSA) is 84.7 Å². The van der Waals surface area contributed by atoms with Crippen LogP contribution in [0.4, 0.5) is 19.0 Å². The van der Waals surface area contributed by atoms with Gasteiger partial charge in [0.2, 0.25) is 10.0 Å². The second-order valence-corrected chi connectivity index (χ2v) is 11.5. The fourth-order valence-electron chi connectivity index (χ4n) is 5.25. The molecule has 12 heteroatoms. The molecule has 5 rings (SSSR count). The predicted octanol–water partition coefficient (Wildman–Crippen LogP) is 5.55. The molecule has 0 amide bonds. The number of benzene rings is 2. The van der Waals surface area contributed by atoms with Crippen LogP contribution in [0.25, 0.3) is 16.9 Å². The van der Waals surface area contributed by atoms with Gasteiger partial charge in [-0.15, -0.1) is 0 Å². The summed E-state index contributed by atoms with van der Waals surface area (Å²) >= 11 is 0. The fraction of sp³-hybridized carbons (Fsp3) is 0.267. The predicted molar refractivity (Wildman–Crippen MR) is 152 cm³/mol. The van der Waals surface area contributed by atoms with E-state index in [4.69, 9.17) is 4.74 Å². The molecule has 0 aliphatic carbocycles. The summed E-state index contributed by atoms with van der Waals surface area (Å²) < 4.78 is 78.1. The molecule has 2 aromatic heterocycles. The number of halogens is 3. The van der Waals surface area contributed by atoms with Crippen LogP contribution in [-0.4, -0.2) is 61.0 Å². The van der Waals surface area contributed by atoms with Crippen molar-refractivity contribution in [1.82, 2.24) is 13.9 Å². The minimum atomic E-state index is -4.61. The zero-order valence-electron chi connectivity index (χ0n) is 23.0. The smallest absolute Gasteiger partial charge is 0.419 e. The van der Waals surface area contributed by atoms with Gasteiger partial charge in [0.1, 0.15) is 16.3 Å². The number of esters is 1. The zero-order valence-corrected chi connectivity index (χ0v) is 23.8. The van der Waals surface area contributed by atoms with Crippen molar-refractivity contribution in [1.29, 1.82) is 0 Å². The van der Waals surface area contributed by atoms with Gasteiger partial charge in [-0.25, -0.2) is 18.2 Å². The van der Waals surface area contributed by atoms with Crippen LogP contribution in [-0.2, 0) is 20.9 Å². The second kappa shape index (κ2) is 11.6. The Balaban J connectivity index is 1.63. The molecule has 0 atom stereocenters. The molecule has 1 fully saturated rings. The van der Waals surface area contributed by atoms with Gasteiger partial charge in [-0.1, -0.05) is 48.5 Å². The normalized spacial score (nSPS) is 14.6. The first-order chi connectivity index (χ1) is 20.1. The van der Waals surface area contributed by atoms with E-state index in [1.165, 1.54) is 21.5 Å². The number of carbonyl (C=O) groups is 1. The molecule has 220 valence electrons. The van der Waals surface area contributed by atoms with Crippen molar-refractivity contribution in [2.75, 3.05) is 37.7 Å². The van der Waals surface area contributed by atoms with Crippen molar-refractivity contribution in [3.8, 4) is 16.9 Å². The summed E-state index contributed by atoms with van der Waals surface area (Å²) in [4.78, 5) is 18.6. The van der Waals surface area contributed by atoms with Crippen LogP contribution in [0.5, 0.6) is 0 Å². The number of piperazine rings is 1. The zero-order chi connectivity index (χ0) is 30.1. The summed E-state index contributed by atoms with van der Waals surface area (Å²) in [5, 5.41) is 0. The van der Waals surface area contributed by atoms with Crippen molar-refractivity contribution < 1.29 is 31.1 Å². The van der Waals surface area contributed by atoms with Gasteiger partial charge in [-0.2, -0.15) is 17.5 Å². The summed E-state index contributed by atoms with van der Waals surface area (Å²) in [7, 11) is -4.35. The van der Waals surface area contributed by atoms with E-state index in [0.29, 0.717) is 22.6 Å². The minimum Gasteiger partial charge on any atom is -0.462 e. The molecule has 8 nitrogen and oxygen atoms in total. The molecule has 0 spiro atoms. The van der Waals surface area contributed by atoms with Crippen molar-refractivity contribution in [2.24, 2.45) is 0 Å². The lowest BCUT2D eigenvalue weighted by molar-refractivity contribution is -0.137. The lowest BCUT2D eigenvalue weighted by Crippen LogP contribution is -2.49. The van der Waals surface area contributed by atoms with Crippen molar-refractivity contribution in [2.45, 2.75) is 24.9 Å². The fourth-order valence-corrected chi connectivity index (χ4v) is 7.10. The third kappa shape index (κ3) is 5.39. The Bertz CT molecular complexity index is 1680. The van der Waals surface area contributed by atoms with Gasteiger partial charge >= 0.3 is 12.1 Å². The Morgan fingerprint density at radius 1 is 0.929 bits per heavy atom. The largest absolute Gasteiger partial charge is 0.462 e. The number of hydrogen-bond acceptors (Lipinski definition) is 6. The highest BCUT2D eigenvalue weighted by atomic mass is 32.2. The summed E-state index contributed by atoms with van der Waals surface area (Å²) in [6.45, 7) is 3.09. The Hall–Kier alpha value is -4.16. The van der Waals surface area contributed by atoms with Crippen molar-refractivity contribution in [3.63, 3.8) is 0 Å². The van der Waals surface area contributed by atoms with E-state index in [1.54, 1.807) is 48.7 Å². The molecule has 42 heavy (non-hydrogen) atoms. The lowest BCUT2D eigenvalue weighted by Gasteiger charge is -2.35. The molecule has 1 aliphatic heterocycles. The maximum Gasteiger partial charge on any atom is 0.419 e. The summed E-state index contributed by atoms with van der Waals surface area (Å²) in [6.07, 6.45) is -3.33. The van der Waals surface area contributed by atoms with Crippen LogP contribution in [0.3, 0.4) is 0 Å². The maximum atomic E-state index is 14.5. The Morgan fingerprint density at radius 3 is 2.14 bits per heavy atom. The van der Waals surface area contributed by atoms with E-state index in [2.05, 4.69) is 4.98 Å². The number of hydrogen-bond donors (Lipinski definition) is 0. The minimum absolute atomic E-state index is 0.0207. The Morgan fingerprint density at radius 2 is 1.55 bits per heavy atom. The highest BCUT2D eigenvalue weighted by Gasteiger charge is 2.41. The number of carbonyl (C=O) groups excluding carboxylic acids is 1. The number of ether oxygens (including phenoxy) is 1. The average Bonchev–Trinajstić information content (AvgIpc) is 3.31. The molecule has 3 heterocycles. The first kappa shape index (κ1) is 29.3. The molecule has 4 aromatic rings. The second-order valence-electron chi connectivity index (χ2n) is 9.66. The number of pyridine rings is 1. The van der Waals surface area contributed by atoms with Gasteiger partial charge in [0, 0.05) is 43.8 Å². The molecule has 0 radical (unpaired) electrons. The van der Waals surface area contributed by atoms with E-state index in [1.807, 2.05) is 30.3 Å². The quantitative estimate of drug-likeness (QED) is 0.259. The number of nitrogens with zero attached hydrogens (tertiary/aromatic N) is 4. The third-order valence-corrected chi connectivity index (χ3v) is 9.09. The van der Waals surface area contributed by atoms with Crippen LogP contribution in [0, 0.1) is 6.92 Å². The van der Waals surface area contributed by atoms with E-state index >= 15 is 0 Å². The molecule has 0 saturated carbocycles. The number of aromatic nitrogens is 2. The third-order valence-electron chi connectivity index (χ3n) is 7.13. The first-order valence-electron chi connectivity index (χ1n) is 13.4. The number of sulfonamides is 1. The van der Waals surface area contributed by atoms with Crippen molar-refractivity contribution in [3.05, 3.63) is 95.8 Å². The maximum absolute atomic E-state index is 14.5. The van der Waals surface area contributed by atoms with Crippen LogP contribution < -0.4 is 4.90 Å².